The molecule has 2 aromatic carbocycles. The first kappa shape index (κ1) is 21.4. The van der Waals surface area contributed by atoms with Gasteiger partial charge in [-0.1, -0.05) is 35.5 Å². The SMILES string of the molecule is COC(=O)c1ccc(CSc2nnc([C@@H](C)N(C)C)n2-c2ccc(Cl)cc2)cc1. The van der Waals surface area contributed by atoms with Crippen molar-refractivity contribution >= 4 is 29.3 Å². The molecule has 0 amide bonds. The lowest BCUT2D eigenvalue weighted by Gasteiger charge is -2.20. The molecule has 3 aromatic rings. The third kappa shape index (κ3) is 4.98. The molecule has 152 valence electrons. The summed E-state index contributed by atoms with van der Waals surface area (Å²) in [6, 6.07) is 15.1. The van der Waals surface area contributed by atoms with E-state index in [9.17, 15) is 4.79 Å². The lowest BCUT2D eigenvalue weighted by Crippen LogP contribution is -2.20. The molecule has 0 aliphatic heterocycles. The molecule has 0 bridgehead atoms. The van der Waals surface area contributed by atoms with E-state index < -0.39 is 0 Å². The van der Waals surface area contributed by atoms with Crippen molar-refractivity contribution in [1.82, 2.24) is 19.7 Å². The molecule has 8 heteroatoms. The number of ether oxygens (including phenoxy) is 1. The number of nitrogens with zero attached hydrogens (tertiary/aromatic N) is 4. The average Bonchev–Trinajstić information content (AvgIpc) is 3.15. The Balaban J connectivity index is 1.87. The first-order chi connectivity index (χ1) is 13.9. The van der Waals surface area contributed by atoms with Crippen molar-refractivity contribution in [2.75, 3.05) is 21.2 Å². The molecule has 29 heavy (non-hydrogen) atoms. The Labute approximate surface area is 179 Å². The number of rotatable bonds is 7. The van der Waals surface area contributed by atoms with Crippen LogP contribution in [0.3, 0.4) is 0 Å². The molecule has 0 unspecified atom stereocenters. The van der Waals surface area contributed by atoms with E-state index in [2.05, 4.69) is 26.6 Å². The number of esters is 1. The van der Waals surface area contributed by atoms with Gasteiger partial charge in [0.25, 0.3) is 0 Å². The Morgan fingerprint density at radius 1 is 1.14 bits per heavy atom. The zero-order chi connectivity index (χ0) is 21.0. The monoisotopic (exact) mass is 430 g/mol. The molecule has 3 rings (SSSR count). The van der Waals surface area contributed by atoms with Gasteiger partial charge in [-0.05, 0) is 63.0 Å². The van der Waals surface area contributed by atoms with Crippen molar-refractivity contribution in [2.24, 2.45) is 0 Å². The summed E-state index contributed by atoms with van der Waals surface area (Å²) in [5, 5.41) is 10.4. The van der Waals surface area contributed by atoms with Gasteiger partial charge in [0.1, 0.15) is 0 Å². The van der Waals surface area contributed by atoms with E-state index in [0.29, 0.717) is 16.3 Å². The minimum atomic E-state index is -0.339. The Morgan fingerprint density at radius 2 is 1.79 bits per heavy atom. The number of methoxy groups -OCH3 is 1. The van der Waals surface area contributed by atoms with Gasteiger partial charge in [-0.3, -0.25) is 9.47 Å². The normalized spacial score (nSPS) is 12.2. The first-order valence-electron chi connectivity index (χ1n) is 9.08. The summed E-state index contributed by atoms with van der Waals surface area (Å²) >= 11 is 7.66. The fourth-order valence-corrected chi connectivity index (χ4v) is 3.75. The summed E-state index contributed by atoms with van der Waals surface area (Å²) < 4.78 is 6.81. The summed E-state index contributed by atoms with van der Waals surface area (Å²) in [7, 11) is 5.41. The summed E-state index contributed by atoms with van der Waals surface area (Å²) in [5.41, 5.74) is 2.58. The molecule has 0 spiro atoms. The van der Waals surface area contributed by atoms with Crippen LogP contribution in [0, 0.1) is 0 Å². The smallest absolute Gasteiger partial charge is 0.337 e. The van der Waals surface area contributed by atoms with E-state index in [0.717, 1.165) is 22.2 Å². The number of hydrogen-bond donors (Lipinski definition) is 0. The maximum Gasteiger partial charge on any atom is 0.337 e. The van der Waals surface area contributed by atoms with E-state index in [1.165, 1.54) is 7.11 Å². The molecule has 1 heterocycles. The minimum Gasteiger partial charge on any atom is -0.465 e. The van der Waals surface area contributed by atoms with Gasteiger partial charge in [0.15, 0.2) is 11.0 Å². The number of carbonyl (C=O) groups excluding carboxylic acids is 1. The topological polar surface area (TPSA) is 60.2 Å². The van der Waals surface area contributed by atoms with E-state index >= 15 is 0 Å². The lowest BCUT2D eigenvalue weighted by molar-refractivity contribution is 0.0600. The average molecular weight is 431 g/mol. The van der Waals surface area contributed by atoms with Gasteiger partial charge >= 0.3 is 5.97 Å². The van der Waals surface area contributed by atoms with Crippen LogP contribution in [0.4, 0.5) is 0 Å². The van der Waals surface area contributed by atoms with Crippen molar-refractivity contribution in [3.8, 4) is 5.69 Å². The number of benzene rings is 2. The van der Waals surface area contributed by atoms with Crippen LogP contribution in [0.25, 0.3) is 5.69 Å². The lowest BCUT2D eigenvalue weighted by atomic mass is 10.1. The Morgan fingerprint density at radius 3 is 2.38 bits per heavy atom. The number of halogens is 1. The predicted octanol–water partition coefficient (Wildman–Crippen LogP) is 4.62. The maximum absolute atomic E-state index is 11.6. The van der Waals surface area contributed by atoms with Gasteiger partial charge in [-0.15, -0.1) is 10.2 Å². The number of thioether (sulfide) groups is 1. The maximum atomic E-state index is 11.6. The second-order valence-electron chi connectivity index (χ2n) is 6.77. The van der Waals surface area contributed by atoms with Gasteiger partial charge in [0.05, 0.1) is 18.7 Å². The van der Waals surface area contributed by atoms with Crippen LogP contribution in [0.5, 0.6) is 0 Å². The zero-order valence-corrected chi connectivity index (χ0v) is 18.4. The molecule has 6 nitrogen and oxygen atoms in total. The second kappa shape index (κ2) is 9.43. The van der Waals surface area contributed by atoms with Crippen molar-refractivity contribution < 1.29 is 9.53 Å². The van der Waals surface area contributed by atoms with E-state index in [1.807, 2.05) is 50.5 Å². The summed E-state index contributed by atoms with van der Waals surface area (Å²) in [5.74, 6) is 1.22. The number of hydrogen-bond acceptors (Lipinski definition) is 6. The van der Waals surface area contributed by atoms with Crippen molar-refractivity contribution in [2.45, 2.75) is 23.9 Å². The first-order valence-corrected chi connectivity index (χ1v) is 10.4. The Hall–Kier alpha value is -2.35. The zero-order valence-electron chi connectivity index (χ0n) is 16.8. The quantitative estimate of drug-likeness (QED) is 0.402. The van der Waals surface area contributed by atoms with Gasteiger partial charge in [0, 0.05) is 16.5 Å². The van der Waals surface area contributed by atoms with Gasteiger partial charge in [-0.25, -0.2) is 4.79 Å². The highest BCUT2D eigenvalue weighted by Crippen LogP contribution is 2.29. The second-order valence-corrected chi connectivity index (χ2v) is 8.15. The highest BCUT2D eigenvalue weighted by Gasteiger charge is 2.21. The highest BCUT2D eigenvalue weighted by molar-refractivity contribution is 7.98. The van der Waals surface area contributed by atoms with E-state index in [4.69, 9.17) is 16.3 Å². The Bertz CT molecular complexity index is 971. The highest BCUT2D eigenvalue weighted by atomic mass is 35.5. The largest absolute Gasteiger partial charge is 0.465 e. The molecule has 0 radical (unpaired) electrons. The molecule has 0 aliphatic carbocycles. The van der Waals surface area contributed by atoms with Gasteiger partial charge in [0.2, 0.25) is 0 Å². The van der Waals surface area contributed by atoms with Gasteiger partial charge < -0.3 is 4.74 Å². The molecule has 0 N–H and O–H groups in total. The molecule has 1 aromatic heterocycles. The molecular weight excluding hydrogens is 408 g/mol. The van der Waals surface area contributed by atoms with Crippen LogP contribution in [-0.4, -0.2) is 46.8 Å². The van der Waals surface area contributed by atoms with Crippen LogP contribution < -0.4 is 0 Å². The summed E-state index contributed by atoms with van der Waals surface area (Å²) in [6.07, 6.45) is 0. The van der Waals surface area contributed by atoms with Crippen molar-refractivity contribution in [3.05, 3.63) is 70.5 Å². The molecule has 0 aliphatic rings. The third-order valence-electron chi connectivity index (χ3n) is 4.63. The standard InChI is InChI=1S/C21H23ClN4O2S/c1-14(25(2)3)19-23-24-21(26(19)18-11-9-17(22)10-12-18)29-13-15-5-7-16(8-6-15)20(27)28-4/h5-12,14H,13H2,1-4H3/t14-/m1/s1. The van der Waals surface area contributed by atoms with Crippen molar-refractivity contribution in [1.29, 1.82) is 0 Å². The minimum absolute atomic E-state index is 0.0897. The van der Waals surface area contributed by atoms with Crippen LogP contribution in [0.2, 0.25) is 5.02 Å². The fourth-order valence-electron chi connectivity index (χ4n) is 2.71. The summed E-state index contributed by atoms with van der Waals surface area (Å²) in [6.45, 7) is 2.09. The fraction of sp³-hybridized carbons (Fsp3) is 0.286. The molecule has 1 atom stereocenters. The van der Waals surface area contributed by atoms with Gasteiger partial charge in [-0.2, -0.15) is 0 Å². The number of carbonyl (C=O) groups is 1. The van der Waals surface area contributed by atoms with E-state index in [-0.39, 0.29) is 12.0 Å². The molecule has 0 fully saturated rings. The Kier molecular flexibility index (Phi) is 6.95. The molecule has 0 saturated heterocycles. The van der Waals surface area contributed by atoms with Crippen LogP contribution in [-0.2, 0) is 10.5 Å². The molecule has 0 saturated carbocycles. The predicted molar refractivity (Wildman–Crippen MR) is 116 cm³/mol. The number of aromatic nitrogens is 3. The van der Waals surface area contributed by atoms with Crippen LogP contribution in [0.15, 0.2) is 53.7 Å². The van der Waals surface area contributed by atoms with Crippen molar-refractivity contribution in [3.63, 3.8) is 0 Å². The van der Waals surface area contributed by atoms with Crippen LogP contribution in [0.1, 0.15) is 34.7 Å². The third-order valence-corrected chi connectivity index (χ3v) is 5.89. The summed E-state index contributed by atoms with van der Waals surface area (Å²) in [4.78, 5) is 13.7. The van der Waals surface area contributed by atoms with E-state index in [1.54, 1.807) is 23.9 Å². The molecular formula is C21H23ClN4O2S. The van der Waals surface area contributed by atoms with Crippen LogP contribution >= 0.6 is 23.4 Å².